The third kappa shape index (κ3) is 24.4. The van der Waals surface area contributed by atoms with Gasteiger partial charge >= 0.3 is 0 Å². The Labute approximate surface area is 485 Å². The molecular formula is C60H108N12O3S3. The molecule has 0 saturated heterocycles. The first-order valence-corrected chi connectivity index (χ1v) is 29.7. The molecule has 0 unspecified atom stereocenters. The highest BCUT2D eigenvalue weighted by Gasteiger charge is 2.31. The van der Waals surface area contributed by atoms with Crippen molar-refractivity contribution in [2.24, 2.45) is 0 Å². The van der Waals surface area contributed by atoms with Crippen LogP contribution in [-0.2, 0) is 65.0 Å². The van der Waals surface area contributed by atoms with E-state index in [0.29, 0.717) is 23.6 Å². The molecule has 0 aliphatic carbocycles. The molecule has 78 heavy (non-hydrogen) atoms. The molecule has 6 heterocycles. The quantitative estimate of drug-likeness (QED) is 0.139. The Hall–Kier alpha value is -3.90. The Balaban J connectivity index is 0.000000468. The fourth-order valence-electron chi connectivity index (χ4n) is 4.99. The molecule has 18 heteroatoms. The second kappa shape index (κ2) is 25.5. The molecule has 0 aliphatic rings. The van der Waals surface area contributed by atoms with Crippen molar-refractivity contribution in [2.45, 2.75) is 314 Å². The third-order valence-electron chi connectivity index (χ3n) is 10.4. The van der Waals surface area contributed by atoms with Gasteiger partial charge in [-0.2, -0.15) is 18.7 Å². The maximum atomic E-state index is 5.59. The highest BCUT2D eigenvalue weighted by atomic mass is 32.1. The molecule has 6 rings (SSSR count). The Morgan fingerprint density at radius 1 is 0.244 bits per heavy atom. The van der Waals surface area contributed by atoms with Crippen molar-refractivity contribution in [1.82, 2.24) is 59.4 Å². The lowest BCUT2D eigenvalue weighted by molar-refractivity contribution is 0.314. The van der Waals surface area contributed by atoms with Gasteiger partial charge < -0.3 is 13.5 Å². The predicted molar refractivity (Wildman–Crippen MR) is 327 cm³/mol. The van der Waals surface area contributed by atoms with E-state index in [9.17, 15) is 0 Å². The van der Waals surface area contributed by atoms with Crippen molar-refractivity contribution in [2.75, 3.05) is 0 Å². The van der Waals surface area contributed by atoms with Crippen LogP contribution in [0.25, 0.3) is 0 Å². The van der Waals surface area contributed by atoms with Crippen molar-refractivity contribution in [3.05, 3.63) is 66.9 Å². The molecule has 0 fully saturated rings. The Morgan fingerprint density at radius 2 is 0.487 bits per heavy atom. The molecule has 444 valence electrons. The van der Waals surface area contributed by atoms with Crippen LogP contribution in [0.3, 0.4) is 0 Å². The Kier molecular flexibility index (Phi) is 23.6. The van der Waals surface area contributed by atoms with E-state index in [4.69, 9.17) is 13.5 Å². The molecule has 6 aromatic heterocycles. The van der Waals surface area contributed by atoms with Gasteiger partial charge in [0.1, 0.15) is 31.7 Å². The van der Waals surface area contributed by atoms with Crippen LogP contribution in [-0.4, -0.2) is 59.4 Å². The highest BCUT2D eigenvalue weighted by molar-refractivity contribution is 7.11. The van der Waals surface area contributed by atoms with Crippen LogP contribution in [0.5, 0.6) is 0 Å². The summed E-state index contributed by atoms with van der Waals surface area (Å²) in [4.78, 5) is 17.9. The molecule has 0 N–H and O–H groups in total. The Bertz CT molecular complexity index is 2050. The minimum Gasteiger partial charge on any atom is -0.424 e. The molecule has 0 amide bonds. The average Bonchev–Trinajstić information content (AvgIpc) is 4.06. The zero-order chi connectivity index (χ0) is 61.7. The van der Waals surface area contributed by atoms with Crippen LogP contribution in [0.2, 0.25) is 0 Å². The van der Waals surface area contributed by atoms with E-state index in [-0.39, 0.29) is 65.0 Å². The van der Waals surface area contributed by atoms with Crippen molar-refractivity contribution in [1.29, 1.82) is 0 Å². The first-order valence-electron chi connectivity index (χ1n) is 27.3. The number of rotatable bonds is 0. The maximum Gasteiger partial charge on any atom is 0.232 e. The molecule has 0 bridgehead atoms. The summed E-state index contributed by atoms with van der Waals surface area (Å²) in [6.07, 6.45) is 0. The van der Waals surface area contributed by atoms with Gasteiger partial charge in [-0.3, -0.25) is 0 Å². The summed E-state index contributed by atoms with van der Waals surface area (Å²) >= 11 is 4.77. The lowest BCUT2D eigenvalue weighted by Gasteiger charge is -2.15. The summed E-state index contributed by atoms with van der Waals surface area (Å²) in [5.41, 5.74) is 0.338. The minimum absolute atomic E-state index is 0.0347. The lowest BCUT2D eigenvalue weighted by atomic mass is 9.94. The van der Waals surface area contributed by atoms with Crippen LogP contribution in [0.15, 0.2) is 13.5 Å². The van der Waals surface area contributed by atoms with E-state index in [0.717, 1.165) is 43.3 Å². The van der Waals surface area contributed by atoms with Crippen molar-refractivity contribution in [3.8, 4) is 0 Å². The van der Waals surface area contributed by atoms with Gasteiger partial charge in [-0.1, -0.05) is 260 Å². The molecule has 0 spiro atoms. The largest absolute Gasteiger partial charge is 0.424 e. The first-order chi connectivity index (χ1) is 34.3. The maximum absolute atomic E-state index is 5.59. The monoisotopic (exact) mass is 1140 g/mol. The van der Waals surface area contributed by atoms with Crippen LogP contribution < -0.4 is 0 Å². The lowest BCUT2D eigenvalue weighted by Crippen LogP contribution is -2.15. The van der Waals surface area contributed by atoms with E-state index in [1.807, 2.05) is 0 Å². The SMILES string of the molecule is CC(C)(C)c1nnc(C(C)(C)C)o1.CC(C)(C)c1nnc(C(C)(C)C)s1.CC(C)(C)c1noc(C(C)(C)C)n1.CC(C)(C)c1noc(C(C)(C)C)n1.CC(C)(C)c1nsc(C(C)(C)C)n1.CC(C)(C)c1nsc(C(C)(C)C)n1. The summed E-state index contributed by atoms with van der Waals surface area (Å²) < 4.78 is 24.7. The number of aromatic nitrogens is 12. The van der Waals surface area contributed by atoms with E-state index < -0.39 is 0 Å². The second-order valence-corrected chi connectivity index (χ2v) is 35.0. The van der Waals surface area contributed by atoms with Crippen LogP contribution in [0, 0.1) is 0 Å². The predicted octanol–water partition coefficient (Wildman–Crippen LogP) is 17.4. The van der Waals surface area contributed by atoms with Crippen LogP contribution in [0.4, 0.5) is 0 Å². The van der Waals surface area contributed by atoms with E-state index in [2.05, 4.69) is 309 Å². The third-order valence-corrected chi connectivity index (χ3v) is 14.4. The second-order valence-electron chi connectivity index (χ2n) is 32.5. The zero-order valence-corrected chi connectivity index (χ0v) is 58.3. The van der Waals surface area contributed by atoms with Gasteiger partial charge in [0.2, 0.25) is 23.6 Å². The van der Waals surface area contributed by atoms with Gasteiger partial charge in [0, 0.05) is 65.0 Å². The van der Waals surface area contributed by atoms with Crippen molar-refractivity contribution < 1.29 is 13.5 Å². The summed E-state index contributed by atoms with van der Waals surface area (Å²) in [5, 5.41) is 28.9. The Morgan fingerprint density at radius 3 is 0.615 bits per heavy atom. The molecule has 15 nitrogen and oxygen atoms in total. The number of hydrogen-bond acceptors (Lipinski definition) is 18. The van der Waals surface area contributed by atoms with Gasteiger partial charge in [0.15, 0.2) is 11.6 Å². The van der Waals surface area contributed by atoms with Crippen LogP contribution in [0.1, 0.15) is 316 Å². The molecular weight excluding hydrogens is 1030 g/mol. The molecule has 0 aromatic carbocycles. The van der Waals surface area contributed by atoms with E-state index in [1.54, 1.807) is 11.3 Å². The van der Waals surface area contributed by atoms with Crippen LogP contribution >= 0.6 is 34.4 Å². The summed E-state index contributed by atoms with van der Waals surface area (Å²) in [6, 6.07) is 0. The molecule has 0 aliphatic heterocycles. The normalized spacial score (nSPS) is 13.4. The van der Waals surface area contributed by atoms with Gasteiger partial charge in [-0.25, -0.2) is 9.97 Å². The smallest absolute Gasteiger partial charge is 0.232 e. The fraction of sp³-hybridized carbons (Fsp3) is 0.800. The van der Waals surface area contributed by atoms with Gasteiger partial charge in [0.05, 0.1) is 0 Å². The van der Waals surface area contributed by atoms with Gasteiger partial charge in [-0.05, 0) is 23.1 Å². The van der Waals surface area contributed by atoms with Crippen molar-refractivity contribution >= 4 is 34.4 Å². The molecule has 0 radical (unpaired) electrons. The van der Waals surface area contributed by atoms with E-state index in [1.165, 1.54) is 23.1 Å². The summed E-state index contributed by atoms with van der Waals surface area (Å²) in [6.45, 7) is 76.0. The molecule has 0 saturated carbocycles. The van der Waals surface area contributed by atoms with Gasteiger partial charge in [-0.15, -0.1) is 31.7 Å². The summed E-state index contributed by atoms with van der Waals surface area (Å²) in [7, 11) is 0. The van der Waals surface area contributed by atoms with E-state index >= 15 is 0 Å². The topological polar surface area (TPSA) is 194 Å². The molecule has 0 atom stereocenters. The van der Waals surface area contributed by atoms with Crippen molar-refractivity contribution in [3.63, 3.8) is 0 Å². The highest BCUT2D eigenvalue weighted by Crippen LogP contribution is 2.33. The minimum atomic E-state index is -0.0590. The summed E-state index contributed by atoms with van der Waals surface area (Å²) in [5.74, 6) is 6.30. The zero-order valence-electron chi connectivity index (χ0n) is 55.8. The number of nitrogens with zero attached hydrogens (tertiary/aromatic N) is 12. The number of hydrogen-bond donors (Lipinski definition) is 0. The average molecular weight is 1140 g/mol. The molecule has 6 aromatic rings. The first kappa shape index (κ1) is 72.1. The fourth-order valence-corrected chi connectivity index (χ4v) is 7.73. The standard InChI is InChI=1S/3C10H18N2O.3C10H18N2S/c1-9(2,3)7-11-12-8(13-7)10(4,5)6;2*1-9(2,3)7-11-8(13-12-7)10(4,5)6;1-9(2,3)7-11-12-8(13-7)10(4,5)6;2*1-9(2,3)7-11-8(13-12-7)10(4,5)6/h6*1-6H3. The van der Waals surface area contributed by atoms with Gasteiger partial charge in [0.25, 0.3) is 0 Å².